The minimum absolute atomic E-state index is 0.0610. The normalized spacial score (nSPS) is 25.5. The van der Waals surface area contributed by atoms with Gasteiger partial charge in [-0.05, 0) is 45.9 Å². The van der Waals surface area contributed by atoms with E-state index in [1.54, 1.807) is 22.8 Å². The van der Waals surface area contributed by atoms with Crippen LogP contribution in [-0.4, -0.2) is 66.7 Å². The van der Waals surface area contributed by atoms with Gasteiger partial charge in [0.05, 0.1) is 23.0 Å². The number of aliphatic hydroxyl groups excluding tert-OH is 1. The summed E-state index contributed by atoms with van der Waals surface area (Å²) in [4.78, 5) is 13.1. The van der Waals surface area contributed by atoms with Gasteiger partial charge in [0.1, 0.15) is 18.3 Å². The van der Waals surface area contributed by atoms with E-state index in [1.165, 1.54) is 6.33 Å². The molecule has 0 unspecified atom stereocenters. The summed E-state index contributed by atoms with van der Waals surface area (Å²) in [7, 11) is -5.74. The fourth-order valence-corrected chi connectivity index (χ4v) is 18.0. The van der Waals surface area contributed by atoms with Crippen LogP contribution in [0.5, 0.6) is 11.6 Å². The second-order valence-corrected chi connectivity index (χ2v) is 22.4. The summed E-state index contributed by atoms with van der Waals surface area (Å²) in [5.41, 5.74) is 1.16. The molecule has 0 amide bonds. The number of ether oxygens (including phenoxy) is 2. The number of imidazole rings is 1. The minimum Gasteiger partial charge on any atom is -0.434 e. The summed E-state index contributed by atoms with van der Waals surface area (Å²) < 4.78 is 35.2. The molecule has 0 bridgehead atoms. The minimum atomic E-state index is -2.97. The first-order valence-corrected chi connectivity index (χ1v) is 19.7. The van der Waals surface area contributed by atoms with Crippen molar-refractivity contribution >= 4 is 63.1 Å². The summed E-state index contributed by atoms with van der Waals surface area (Å²) in [5.74, 6) is 0.273. The lowest BCUT2D eigenvalue weighted by Gasteiger charge is -2.51. The molecule has 43 heavy (non-hydrogen) atoms. The largest absolute Gasteiger partial charge is 0.434 e. The zero-order valence-corrected chi connectivity index (χ0v) is 29.8. The quantitative estimate of drug-likeness (QED) is 0.196. The number of aliphatic hydroxyl groups is 1. The van der Waals surface area contributed by atoms with E-state index in [4.69, 9.17) is 57.2 Å². The maximum atomic E-state index is 11.8. The van der Waals surface area contributed by atoms with Crippen molar-refractivity contribution < 1.29 is 27.5 Å². The summed E-state index contributed by atoms with van der Waals surface area (Å²) >= 11 is 19.0. The van der Waals surface area contributed by atoms with Crippen molar-refractivity contribution in [3.63, 3.8) is 0 Å². The first kappa shape index (κ1) is 33.0. The molecule has 15 heteroatoms. The van der Waals surface area contributed by atoms with Gasteiger partial charge in [0.2, 0.25) is 5.28 Å². The predicted octanol–water partition coefficient (Wildman–Crippen LogP) is 7.79. The second-order valence-electron chi connectivity index (χ2n) is 12.4. The molecule has 0 aliphatic carbocycles. The van der Waals surface area contributed by atoms with Gasteiger partial charge in [-0.15, -0.1) is 0 Å². The lowest BCUT2D eigenvalue weighted by molar-refractivity contribution is -0.0570. The lowest BCUT2D eigenvalue weighted by atomic mass is 10.1. The summed E-state index contributed by atoms with van der Waals surface area (Å²) in [6.07, 6.45) is -1.71. The Hall–Kier alpha value is -1.33. The monoisotopic (exact) mass is 688 g/mol. The van der Waals surface area contributed by atoms with Gasteiger partial charge >= 0.3 is 17.1 Å². The number of aromatic nitrogens is 4. The third-order valence-corrected chi connectivity index (χ3v) is 19.4. The van der Waals surface area contributed by atoms with Crippen LogP contribution in [0.2, 0.25) is 37.5 Å². The van der Waals surface area contributed by atoms with Crippen molar-refractivity contribution in [3.8, 4) is 11.6 Å². The van der Waals surface area contributed by atoms with Gasteiger partial charge in [0.25, 0.3) is 5.88 Å². The predicted molar refractivity (Wildman–Crippen MR) is 171 cm³/mol. The maximum absolute atomic E-state index is 11.8. The van der Waals surface area contributed by atoms with Gasteiger partial charge in [-0.2, -0.15) is 9.97 Å². The van der Waals surface area contributed by atoms with E-state index < -0.39 is 41.7 Å². The van der Waals surface area contributed by atoms with Crippen molar-refractivity contribution in [2.75, 3.05) is 6.61 Å². The van der Waals surface area contributed by atoms with Crippen molar-refractivity contribution in [3.05, 3.63) is 39.9 Å². The first-order valence-electron chi connectivity index (χ1n) is 14.6. The van der Waals surface area contributed by atoms with Crippen LogP contribution in [0.1, 0.15) is 61.6 Å². The zero-order valence-electron chi connectivity index (χ0n) is 25.5. The molecule has 2 fully saturated rings. The summed E-state index contributed by atoms with van der Waals surface area (Å²) in [5, 5.41) is 12.3. The van der Waals surface area contributed by atoms with Gasteiger partial charge in [-0.1, -0.05) is 84.7 Å². The molecule has 2 aliphatic rings. The first-order chi connectivity index (χ1) is 20.2. The molecule has 4 atom stereocenters. The Kier molecular flexibility index (Phi) is 9.58. The highest BCUT2D eigenvalue weighted by atomic mass is 35.5. The van der Waals surface area contributed by atoms with Crippen LogP contribution in [0, 0.1) is 0 Å². The van der Waals surface area contributed by atoms with Crippen molar-refractivity contribution in [1.82, 2.24) is 19.5 Å². The standard InChI is InChI=1S/C28H39Cl3N4O6Si2/c1-14(2)42(15(3)4)37-12-20-24(40-43(41-42,16(5)6)17(7)8)22(36)27(38-20)35-13-32-21-25(35)33-28(31)34-26(21)39-23-18(29)10-9-11-19(23)30/h9-11,13-17,20,22,24,27,36H,12H2,1-8H3/t20-,22-,24-,27-/m1/s1. The maximum Gasteiger partial charge on any atom is 0.335 e. The number of hydrogen-bond donors (Lipinski definition) is 1. The number of fused-ring (bicyclic) bond motifs is 2. The van der Waals surface area contributed by atoms with E-state index in [0.717, 1.165) is 0 Å². The van der Waals surface area contributed by atoms with Crippen LogP contribution in [0.15, 0.2) is 24.5 Å². The number of hydrogen-bond acceptors (Lipinski definition) is 9. The Balaban J connectivity index is 1.55. The Morgan fingerprint density at radius 2 is 1.53 bits per heavy atom. The van der Waals surface area contributed by atoms with E-state index in [-0.39, 0.29) is 45.7 Å². The highest BCUT2D eigenvalue weighted by Gasteiger charge is 2.61. The molecule has 0 spiro atoms. The van der Waals surface area contributed by atoms with E-state index in [9.17, 15) is 5.11 Å². The lowest BCUT2D eigenvalue weighted by Crippen LogP contribution is -2.65. The molecule has 5 rings (SSSR count). The van der Waals surface area contributed by atoms with E-state index in [2.05, 4.69) is 70.3 Å². The van der Waals surface area contributed by atoms with E-state index in [0.29, 0.717) is 21.2 Å². The Bertz CT molecular complexity index is 1440. The Labute approximate surface area is 269 Å². The Morgan fingerprint density at radius 1 is 0.930 bits per heavy atom. The average Bonchev–Trinajstić information content (AvgIpc) is 3.45. The number of para-hydroxylation sites is 1. The number of benzene rings is 1. The summed E-state index contributed by atoms with van der Waals surface area (Å²) in [6, 6.07) is 5.01. The van der Waals surface area contributed by atoms with Crippen molar-refractivity contribution in [1.29, 1.82) is 0 Å². The topological polar surface area (TPSA) is 110 Å². The molecule has 3 aromatic rings. The third kappa shape index (κ3) is 5.77. The van der Waals surface area contributed by atoms with Crippen LogP contribution in [0.25, 0.3) is 11.2 Å². The van der Waals surface area contributed by atoms with Gasteiger partial charge in [0, 0.05) is 0 Å². The smallest absolute Gasteiger partial charge is 0.335 e. The van der Waals surface area contributed by atoms with E-state index in [1.807, 2.05) is 0 Å². The fraction of sp³-hybridized carbons (Fsp3) is 0.607. The molecule has 2 aromatic heterocycles. The molecule has 0 radical (unpaired) electrons. The highest BCUT2D eigenvalue weighted by molar-refractivity contribution is 6.84. The van der Waals surface area contributed by atoms with Crippen LogP contribution in [0.3, 0.4) is 0 Å². The second kappa shape index (κ2) is 12.5. The molecule has 2 saturated heterocycles. The molecule has 4 heterocycles. The SMILES string of the molecule is CC(C)[Si]1(C(C)C)OC[C@H]2O[C@@H](n3cnc4c(Oc5c(Cl)cccc5Cl)nc(Cl)nc43)[C@H](O)[C@@H]2O[Si](C(C)C)(C(C)C)O1. The van der Waals surface area contributed by atoms with Crippen LogP contribution < -0.4 is 4.74 Å². The highest BCUT2D eigenvalue weighted by Crippen LogP contribution is 2.49. The molecule has 1 aromatic carbocycles. The molecular formula is C28H39Cl3N4O6Si2. The van der Waals surface area contributed by atoms with Crippen molar-refractivity contribution in [2.24, 2.45) is 0 Å². The number of rotatable bonds is 7. The van der Waals surface area contributed by atoms with Crippen LogP contribution >= 0.6 is 34.8 Å². The molecule has 0 saturated carbocycles. The number of halogens is 3. The van der Waals surface area contributed by atoms with Crippen molar-refractivity contribution in [2.45, 2.75) is 102 Å². The summed E-state index contributed by atoms with van der Waals surface area (Å²) in [6.45, 7) is 17.4. The van der Waals surface area contributed by atoms with Crippen LogP contribution in [-0.2, 0) is 17.7 Å². The molecular weight excluding hydrogens is 651 g/mol. The Morgan fingerprint density at radius 3 is 2.12 bits per heavy atom. The molecule has 10 nitrogen and oxygen atoms in total. The van der Waals surface area contributed by atoms with Gasteiger partial charge in [0.15, 0.2) is 23.1 Å². The average molecular weight is 690 g/mol. The number of nitrogens with zero attached hydrogens (tertiary/aromatic N) is 4. The molecule has 236 valence electrons. The fourth-order valence-electron chi connectivity index (χ4n) is 6.17. The van der Waals surface area contributed by atoms with Gasteiger partial charge in [-0.3, -0.25) is 4.57 Å². The van der Waals surface area contributed by atoms with Gasteiger partial charge in [-0.25, -0.2) is 4.98 Å². The zero-order chi connectivity index (χ0) is 31.4. The molecule has 2 aliphatic heterocycles. The van der Waals surface area contributed by atoms with E-state index >= 15 is 0 Å². The third-order valence-electron chi connectivity index (χ3n) is 8.39. The van der Waals surface area contributed by atoms with Crippen LogP contribution in [0.4, 0.5) is 0 Å². The molecule has 1 N–H and O–H groups in total. The van der Waals surface area contributed by atoms with Gasteiger partial charge < -0.3 is 27.5 Å².